The number of benzene rings is 1. The molecule has 1 fully saturated rings. The fourth-order valence-corrected chi connectivity index (χ4v) is 3.38. The van der Waals surface area contributed by atoms with Gasteiger partial charge in [-0.05, 0) is 24.6 Å². The van der Waals surface area contributed by atoms with Crippen molar-refractivity contribution in [3.05, 3.63) is 29.3 Å². The van der Waals surface area contributed by atoms with Crippen LogP contribution >= 0.6 is 0 Å². The van der Waals surface area contributed by atoms with Gasteiger partial charge in [-0.25, -0.2) is 4.79 Å². The van der Waals surface area contributed by atoms with E-state index in [-0.39, 0.29) is 19.7 Å². The van der Waals surface area contributed by atoms with Crippen LogP contribution in [-0.4, -0.2) is 50.1 Å². The molecule has 0 atom stereocenters. The Bertz CT molecular complexity index is 713. The molecule has 1 aromatic carbocycles. The minimum Gasteiger partial charge on any atom is -0.478 e. The summed E-state index contributed by atoms with van der Waals surface area (Å²) in [6.45, 7) is 0.767. The van der Waals surface area contributed by atoms with E-state index in [9.17, 15) is 26.4 Å². The van der Waals surface area contributed by atoms with Crippen LogP contribution in [0.5, 0.6) is 0 Å². The molecule has 7 nitrogen and oxygen atoms in total. The van der Waals surface area contributed by atoms with Crippen LogP contribution < -0.4 is 4.72 Å². The molecule has 1 aromatic rings. The van der Waals surface area contributed by atoms with E-state index in [1.54, 1.807) is 0 Å². The SMILES string of the molecule is O=C(O)c1cc(NS(=O)(=O)N2CCCOCC2)cc(C(F)(F)F)c1. The smallest absolute Gasteiger partial charge is 0.416 e. The van der Waals surface area contributed by atoms with Gasteiger partial charge in [-0.1, -0.05) is 0 Å². The van der Waals surface area contributed by atoms with Crippen LogP contribution in [0.2, 0.25) is 0 Å². The summed E-state index contributed by atoms with van der Waals surface area (Å²) in [6, 6.07) is 1.83. The lowest BCUT2D eigenvalue weighted by Crippen LogP contribution is -2.37. The van der Waals surface area contributed by atoms with Crippen LogP contribution in [0.1, 0.15) is 22.3 Å². The molecule has 0 amide bonds. The first kappa shape index (κ1) is 18.5. The number of halogens is 3. The zero-order valence-electron chi connectivity index (χ0n) is 12.3. The third-order valence-electron chi connectivity index (χ3n) is 3.28. The van der Waals surface area contributed by atoms with E-state index in [0.717, 1.165) is 10.4 Å². The van der Waals surface area contributed by atoms with E-state index in [4.69, 9.17) is 9.84 Å². The molecule has 24 heavy (non-hydrogen) atoms. The summed E-state index contributed by atoms with van der Waals surface area (Å²) in [6.07, 6.45) is -4.36. The highest BCUT2D eigenvalue weighted by atomic mass is 32.2. The van der Waals surface area contributed by atoms with E-state index in [0.29, 0.717) is 25.2 Å². The van der Waals surface area contributed by atoms with Crippen molar-refractivity contribution in [2.75, 3.05) is 31.0 Å². The summed E-state index contributed by atoms with van der Waals surface area (Å²) in [4.78, 5) is 11.0. The van der Waals surface area contributed by atoms with Gasteiger partial charge in [-0.15, -0.1) is 0 Å². The molecule has 1 aliphatic rings. The normalized spacial score (nSPS) is 17.3. The molecule has 134 valence electrons. The summed E-state index contributed by atoms with van der Waals surface area (Å²) in [7, 11) is -4.12. The number of hydrogen-bond acceptors (Lipinski definition) is 4. The number of alkyl halides is 3. The van der Waals surface area contributed by atoms with Crippen LogP contribution in [0.15, 0.2) is 18.2 Å². The zero-order valence-corrected chi connectivity index (χ0v) is 13.2. The Hall–Kier alpha value is -1.85. The van der Waals surface area contributed by atoms with Crippen molar-refractivity contribution >= 4 is 21.9 Å². The van der Waals surface area contributed by atoms with Gasteiger partial charge in [0.25, 0.3) is 0 Å². The number of ether oxygens (including phenoxy) is 1. The van der Waals surface area contributed by atoms with Crippen LogP contribution in [0.4, 0.5) is 18.9 Å². The Balaban J connectivity index is 2.33. The summed E-state index contributed by atoms with van der Waals surface area (Å²) in [5.74, 6) is -1.59. The molecular formula is C13H15F3N2O5S. The van der Waals surface area contributed by atoms with Crippen LogP contribution in [0, 0.1) is 0 Å². The molecule has 1 heterocycles. The van der Waals surface area contributed by atoms with E-state index < -0.39 is 39.2 Å². The Morgan fingerprint density at radius 2 is 1.92 bits per heavy atom. The minimum atomic E-state index is -4.80. The van der Waals surface area contributed by atoms with Gasteiger partial charge >= 0.3 is 22.4 Å². The van der Waals surface area contributed by atoms with Crippen molar-refractivity contribution in [3.63, 3.8) is 0 Å². The highest BCUT2D eigenvalue weighted by Crippen LogP contribution is 2.32. The number of nitrogens with zero attached hydrogens (tertiary/aromatic N) is 1. The second-order valence-corrected chi connectivity index (χ2v) is 6.74. The van der Waals surface area contributed by atoms with Gasteiger partial charge in [-0.2, -0.15) is 25.9 Å². The Labute approximate surface area is 136 Å². The molecule has 1 saturated heterocycles. The number of anilines is 1. The van der Waals surface area contributed by atoms with E-state index in [2.05, 4.69) is 0 Å². The predicted octanol–water partition coefficient (Wildman–Crippen LogP) is 1.78. The molecule has 0 unspecified atom stereocenters. The van der Waals surface area contributed by atoms with E-state index in [1.165, 1.54) is 0 Å². The van der Waals surface area contributed by atoms with Gasteiger partial charge in [0, 0.05) is 19.7 Å². The zero-order chi connectivity index (χ0) is 18.0. The summed E-state index contributed by atoms with van der Waals surface area (Å²) in [5.41, 5.74) is -2.38. The third-order valence-corrected chi connectivity index (χ3v) is 4.81. The first-order valence-corrected chi connectivity index (χ1v) is 8.35. The van der Waals surface area contributed by atoms with Crippen molar-refractivity contribution in [2.45, 2.75) is 12.6 Å². The fraction of sp³-hybridized carbons (Fsp3) is 0.462. The van der Waals surface area contributed by atoms with Crippen molar-refractivity contribution in [2.24, 2.45) is 0 Å². The standard InChI is InChI=1S/C13H15F3N2O5S/c14-13(15,16)10-6-9(12(19)20)7-11(8-10)17-24(21,22)18-2-1-4-23-5-3-18/h6-8,17H,1-5H2,(H,19,20). The molecule has 0 aromatic heterocycles. The summed E-state index contributed by atoms with van der Waals surface area (Å²) >= 11 is 0. The lowest BCUT2D eigenvalue weighted by molar-refractivity contribution is -0.137. The Morgan fingerprint density at radius 3 is 2.54 bits per heavy atom. The molecule has 0 spiro atoms. The maximum absolute atomic E-state index is 12.9. The first-order chi connectivity index (χ1) is 11.1. The van der Waals surface area contributed by atoms with Crippen LogP contribution in [-0.2, 0) is 21.1 Å². The topological polar surface area (TPSA) is 95.9 Å². The van der Waals surface area contributed by atoms with Crippen molar-refractivity contribution < 1.29 is 36.2 Å². The number of rotatable bonds is 4. The van der Waals surface area contributed by atoms with Gasteiger partial charge in [0.1, 0.15) is 0 Å². The largest absolute Gasteiger partial charge is 0.478 e. The van der Waals surface area contributed by atoms with Crippen molar-refractivity contribution in [1.82, 2.24) is 4.31 Å². The van der Waals surface area contributed by atoms with Gasteiger partial charge in [0.2, 0.25) is 0 Å². The van der Waals surface area contributed by atoms with Gasteiger partial charge in [-0.3, -0.25) is 4.72 Å². The Morgan fingerprint density at radius 1 is 1.21 bits per heavy atom. The average Bonchev–Trinajstić information content (AvgIpc) is 2.75. The molecule has 1 aliphatic heterocycles. The lowest BCUT2D eigenvalue weighted by atomic mass is 10.1. The number of aromatic carboxylic acids is 1. The maximum Gasteiger partial charge on any atom is 0.416 e. The molecule has 0 aliphatic carbocycles. The molecule has 2 rings (SSSR count). The number of carboxylic acids is 1. The quantitative estimate of drug-likeness (QED) is 0.845. The number of carboxylic acid groups (broad SMARTS) is 1. The average molecular weight is 368 g/mol. The second kappa shape index (κ2) is 6.95. The maximum atomic E-state index is 12.9. The first-order valence-electron chi connectivity index (χ1n) is 6.91. The van der Waals surface area contributed by atoms with E-state index >= 15 is 0 Å². The highest BCUT2D eigenvalue weighted by Gasteiger charge is 2.32. The lowest BCUT2D eigenvalue weighted by Gasteiger charge is -2.21. The highest BCUT2D eigenvalue weighted by molar-refractivity contribution is 7.90. The van der Waals surface area contributed by atoms with Crippen LogP contribution in [0.3, 0.4) is 0 Å². The van der Waals surface area contributed by atoms with Crippen molar-refractivity contribution in [3.8, 4) is 0 Å². The van der Waals surface area contributed by atoms with E-state index in [1.807, 2.05) is 4.72 Å². The van der Waals surface area contributed by atoms with Gasteiger partial charge in [0.05, 0.1) is 23.4 Å². The number of nitrogens with one attached hydrogen (secondary N) is 1. The van der Waals surface area contributed by atoms with Crippen molar-refractivity contribution in [1.29, 1.82) is 0 Å². The second-order valence-electron chi connectivity index (χ2n) is 5.07. The molecule has 0 bridgehead atoms. The summed E-state index contributed by atoms with van der Waals surface area (Å²) in [5, 5.41) is 8.91. The number of carbonyl (C=O) groups is 1. The molecule has 2 N–H and O–H groups in total. The minimum absolute atomic E-state index is 0.0556. The fourth-order valence-electron chi connectivity index (χ4n) is 2.15. The monoisotopic (exact) mass is 368 g/mol. The molecular weight excluding hydrogens is 353 g/mol. The Kier molecular flexibility index (Phi) is 5.35. The predicted molar refractivity (Wildman–Crippen MR) is 78.0 cm³/mol. The van der Waals surface area contributed by atoms with Gasteiger partial charge < -0.3 is 9.84 Å². The summed E-state index contributed by atoms with van der Waals surface area (Å²) < 4.78 is 71.3. The molecule has 11 heteroatoms. The van der Waals surface area contributed by atoms with Gasteiger partial charge in [0.15, 0.2) is 0 Å². The molecule has 0 saturated carbocycles. The van der Waals surface area contributed by atoms with Crippen LogP contribution in [0.25, 0.3) is 0 Å². The third kappa shape index (κ3) is 4.58. The molecule has 0 radical (unpaired) electrons. The number of hydrogen-bond donors (Lipinski definition) is 2.